The molecule has 1 rings (SSSR count). The summed E-state index contributed by atoms with van der Waals surface area (Å²) in [5.41, 5.74) is -0.133. The Morgan fingerprint density at radius 3 is 2.90 bits per heavy atom. The second-order valence-corrected chi connectivity index (χ2v) is 3.16. The Bertz CT molecular complexity index is 139. The predicted octanol–water partition coefficient (Wildman–Crippen LogP) is 0.603. The zero-order chi connectivity index (χ0) is 7.61. The summed E-state index contributed by atoms with van der Waals surface area (Å²) in [4.78, 5) is 10.3. The molecule has 0 spiro atoms. The van der Waals surface area contributed by atoms with Gasteiger partial charge in [0.05, 0.1) is 6.42 Å². The summed E-state index contributed by atoms with van der Waals surface area (Å²) in [6, 6.07) is 0. The third-order valence-electron chi connectivity index (χ3n) is 2.00. The van der Waals surface area contributed by atoms with Crippen LogP contribution in [0.15, 0.2) is 0 Å². The molecule has 3 heteroatoms. The van der Waals surface area contributed by atoms with Gasteiger partial charge in [-0.3, -0.25) is 4.79 Å². The van der Waals surface area contributed by atoms with Crippen LogP contribution in [0.5, 0.6) is 0 Å². The fraction of sp³-hybridized carbons (Fsp3) is 0.857. The van der Waals surface area contributed by atoms with Crippen LogP contribution in [0.1, 0.15) is 26.2 Å². The summed E-state index contributed by atoms with van der Waals surface area (Å²) in [6.07, 6.45) is 2.33. The van der Waals surface area contributed by atoms with Gasteiger partial charge in [0.15, 0.2) is 0 Å². The van der Waals surface area contributed by atoms with Crippen molar-refractivity contribution in [3.05, 3.63) is 0 Å². The Balaban J connectivity index is 2.43. The van der Waals surface area contributed by atoms with Gasteiger partial charge in [0.2, 0.25) is 0 Å². The van der Waals surface area contributed by atoms with E-state index in [0.29, 0.717) is 0 Å². The Kier molecular flexibility index (Phi) is 1.94. The van der Waals surface area contributed by atoms with E-state index in [0.717, 1.165) is 19.4 Å². The number of nitrogens with one attached hydrogen (secondary N) is 1. The summed E-state index contributed by atoms with van der Waals surface area (Å²) in [5.74, 6) is -0.711. The molecule has 3 nitrogen and oxygen atoms in total. The second-order valence-electron chi connectivity index (χ2n) is 3.16. The number of hydrogen-bond acceptors (Lipinski definition) is 2. The molecule has 1 saturated heterocycles. The molecule has 0 aromatic carbocycles. The normalized spacial score (nSPS) is 32.5. The first-order valence-electron chi connectivity index (χ1n) is 3.59. The Morgan fingerprint density at radius 2 is 2.50 bits per heavy atom. The molecular weight excluding hydrogens is 130 g/mol. The Morgan fingerprint density at radius 1 is 1.80 bits per heavy atom. The summed E-state index contributed by atoms with van der Waals surface area (Å²) in [6.45, 7) is 2.93. The van der Waals surface area contributed by atoms with Crippen LogP contribution < -0.4 is 5.32 Å². The fourth-order valence-electron chi connectivity index (χ4n) is 1.44. The Hall–Kier alpha value is -0.570. The van der Waals surface area contributed by atoms with Gasteiger partial charge in [-0.1, -0.05) is 0 Å². The first-order valence-corrected chi connectivity index (χ1v) is 3.59. The molecule has 1 aliphatic rings. The highest BCUT2D eigenvalue weighted by Gasteiger charge is 2.30. The van der Waals surface area contributed by atoms with Crippen LogP contribution in [0, 0.1) is 0 Å². The minimum Gasteiger partial charge on any atom is -0.481 e. The molecule has 0 aromatic heterocycles. The van der Waals surface area contributed by atoms with Crippen molar-refractivity contribution in [1.82, 2.24) is 5.32 Å². The number of rotatable bonds is 2. The van der Waals surface area contributed by atoms with Crippen molar-refractivity contribution in [1.29, 1.82) is 0 Å². The maximum Gasteiger partial charge on any atom is 0.305 e. The van der Waals surface area contributed by atoms with Gasteiger partial charge in [-0.05, 0) is 26.3 Å². The van der Waals surface area contributed by atoms with Crippen molar-refractivity contribution < 1.29 is 9.90 Å². The maximum atomic E-state index is 10.3. The van der Waals surface area contributed by atoms with Gasteiger partial charge in [-0.2, -0.15) is 0 Å². The molecule has 1 heterocycles. The number of carbonyl (C=O) groups is 1. The summed E-state index contributed by atoms with van der Waals surface area (Å²) in [5, 5.41) is 11.7. The topological polar surface area (TPSA) is 49.3 Å². The maximum absolute atomic E-state index is 10.3. The molecule has 1 atom stereocenters. The van der Waals surface area contributed by atoms with Crippen LogP contribution in [-0.2, 0) is 4.79 Å². The van der Waals surface area contributed by atoms with Crippen molar-refractivity contribution in [3.8, 4) is 0 Å². The number of aliphatic carboxylic acids is 1. The van der Waals surface area contributed by atoms with Crippen LogP contribution in [0.4, 0.5) is 0 Å². The number of carboxylic acids is 1. The first-order chi connectivity index (χ1) is 4.62. The summed E-state index contributed by atoms with van der Waals surface area (Å²) in [7, 11) is 0. The van der Waals surface area contributed by atoms with E-state index in [1.807, 2.05) is 6.92 Å². The molecular formula is C7H13NO2. The molecule has 0 amide bonds. The smallest absolute Gasteiger partial charge is 0.305 e. The molecule has 0 unspecified atom stereocenters. The van der Waals surface area contributed by atoms with E-state index in [9.17, 15) is 4.79 Å². The zero-order valence-electron chi connectivity index (χ0n) is 6.18. The van der Waals surface area contributed by atoms with Crippen molar-refractivity contribution in [3.63, 3.8) is 0 Å². The van der Waals surface area contributed by atoms with Gasteiger partial charge in [0.25, 0.3) is 0 Å². The molecule has 1 fully saturated rings. The molecule has 0 aromatic rings. The highest BCUT2D eigenvalue weighted by Crippen LogP contribution is 2.21. The van der Waals surface area contributed by atoms with E-state index in [2.05, 4.69) is 5.32 Å². The summed E-state index contributed by atoms with van der Waals surface area (Å²) < 4.78 is 0. The fourth-order valence-corrected chi connectivity index (χ4v) is 1.44. The molecule has 58 valence electrons. The van der Waals surface area contributed by atoms with Crippen molar-refractivity contribution in [2.24, 2.45) is 0 Å². The van der Waals surface area contributed by atoms with E-state index in [-0.39, 0.29) is 12.0 Å². The second kappa shape index (κ2) is 2.58. The van der Waals surface area contributed by atoms with Gasteiger partial charge < -0.3 is 10.4 Å². The van der Waals surface area contributed by atoms with Crippen LogP contribution in [0.2, 0.25) is 0 Å². The predicted molar refractivity (Wildman–Crippen MR) is 37.9 cm³/mol. The average Bonchev–Trinajstić information content (AvgIpc) is 2.12. The highest BCUT2D eigenvalue weighted by atomic mass is 16.4. The lowest BCUT2D eigenvalue weighted by atomic mass is 9.96. The van der Waals surface area contributed by atoms with Crippen LogP contribution in [0.3, 0.4) is 0 Å². The lowest BCUT2D eigenvalue weighted by molar-refractivity contribution is -0.138. The van der Waals surface area contributed by atoms with Crippen LogP contribution >= 0.6 is 0 Å². The van der Waals surface area contributed by atoms with Crippen LogP contribution in [-0.4, -0.2) is 23.2 Å². The van der Waals surface area contributed by atoms with Crippen molar-refractivity contribution in [2.75, 3.05) is 6.54 Å². The molecule has 0 bridgehead atoms. The van der Waals surface area contributed by atoms with Crippen molar-refractivity contribution >= 4 is 5.97 Å². The molecule has 0 aliphatic carbocycles. The van der Waals surface area contributed by atoms with E-state index >= 15 is 0 Å². The van der Waals surface area contributed by atoms with Gasteiger partial charge in [-0.15, -0.1) is 0 Å². The molecule has 0 radical (unpaired) electrons. The largest absolute Gasteiger partial charge is 0.481 e. The number of hydrogen-bond donors (Lipinski definition) is 2. The zero-order valence-corrected chi connectivity index (χ0v) is 6.18. The average molecular weight is 143 g/mol. The minimum atomic E-state index is -0.711. The number of carboxylic acid groups (broad SMARTS) is 1. The minimum absolute atomic E-state index is 0.133. The van der Waals surface area contributed by atoms with Gasteiger partial charge in [-0.25, -0.2) is 0 Å². The van der Waals surface area contributed by atoms with Crippen molar-refractivity contribution in [2.45, 2.75) is 31.7 Å². The quantitative estimate of drug-likeness (QED) is 0.595. The molecule has 10 heavy (non-hydrogen) atoms. The highest BCUT2D eigenvalue weighted by molar-refractivity contribution is 5.68. The third kappa shape index (κ3) is 1.70. The molecule has 0 saturated carbocycles. The van der Waals surface area contributed by atoms with E-state index in [4.69, 9.17) is 5.11 Å². The van der Waals surface area contributed by atoms with Crippen LogP contribution in [0.25, 0.3) is 0 Å². The van der Waals surface area contributed by atoms with E-state index in [1.54, 1.807) is 0 Å². The Labute approximate surface area is 60.4 Å². The molecule has 1 aliphatic heterocycles. The monoisotopic (exact) mass is 143 g/mol. The van der Waals surface area contributed by atoms with E-state index < -0.39 is 5.97 Å². The lowest BCUT2D eigenvalue weighted by Gasteiger charge is -2.21. The van der Waals surface area contributed by atoms with Gasteiger partial charge in [0, 0.05) is 5.54 Å². The standard InChI is InChI=1S/C7H13NO2/c1-7(5-6(9)10)3-2-4-8-7/h8H,2-5H2,1H3,(H,9,10)/t7-/m1/s1. The third-order valence-corrected chi connectivity index (χ3v) is 2.00. The first kappa shape index (κ1) is 7.54. The molecule has 2 N–H and O–H groups in total. The summed E-state index contributed by atoms with van der Waals surface area (Å²) >= 11 is 0. The van der Waals surface area contributed by atoms with Gasteiger partial charge in [0.1, 0.15) is 0 Å². The van der Waals surface area contributed by atoms with Gasteiger partial charge >= 0.3 is 5.97 Å². The van der Waals surface area contributed by atoms with E-state index in [1.165, 1.54) is 0 Å². The SMILES string of the molecule is C[C@]1(CC(=O)O)CCCN1. The lowest BCUT2D eigenvalue weighted by Crippen LogP contribution is -2.38.